The lowest BCUT2D eigenvalue weighted by Gasteiger charge is -2.22. The van der Waals surface area contributed by atoms with Gasteiger partial charge in [-0.25, -0.2) is 0 Å². The number of rotatable bonds is 10. The highest BCUT2D eigenvalue weighted by Crippen LogP contribution is 2.37. The third-order valence-corrected chi connectivity index (χ3v) is 5.45. The van der Waals surface area contributed by atoms with Crippen LogP contribution in [0, 0.1) is 6.92 Å². The molecule has 1 heterocycles. The summed E-state index contributed by atoms with van der Waals surface area (Å²) in [5, 5.41) is 11.4. The number of ketones is 1. The molecule has 3 rings (SSSR count). The topological polar surface area (TPSA) is 104 Å². The zero-order valence-corrected chi connectivity index (χ0v) is 20.7. The Hall–Kier alpha value is -2.74. The van der Waals surface area contributed by atoms with Crippen LogP contribution < -0.4 is 9.47 Å². The van der Waals surface area contributed by atoms with E-state index in [2.05, 4.69) is 18.7 Å². The molecule has 0 saturated heterocycles. The van der Waals surface area contributed by atoms with E-state index in [4.69, 9.17) is 13.9 Å². The molecule has 0 spiro atoms. The molecule has 0 aliphatic heterocycles. The molecular weight excluding hydrogens is 446 g/mol. The van der Waals surface area contributed by atoms with Crippen LogP contribution in [0.5, 0.6) is 17.2 Å². The van der Waals surface area contributed by atoms with Crippen molar-refractivity contribution in [1.82, 2.24) is 4.90 Å². The highest BCUT2D eigenvalue weighted by Gasteiger charge is 2.26. The maximum atomic E-state index is 13.7. The summed E-state index contributed by atoms with van der Waals surface area (Å²) in [6.07, 6.45) is 2.02. The Morgan fingerprint density at radius 3 is 2.30 bits per heavy atom. The Kier molecular flexibility index (Phi) is 10.7. The van der Waals surface area contributed by atoms with Gasteiger partial charge >= 0.3 is 0 Å². The molecule has 0 atom stereocenters. The van der Waals surface area contributed by atoms with Crippen LogP contribution in [0.4, 0.5) is 0 Å². The molecule has 3 N–H and O–H groups in total. The van der Waals surface area contributed by atoms with Crippen molar-refractivity contribution in [3.8, 4) is 17.2 Å². The summed E-state index contributed by atoms with van der Waals surface area (Å²) < 4.78 is 16.7. The van der Waals surface area contributed by atoms with E-state index in [9.17, 15) is 9.90 Å². The van der Waals surface area contributed by atoms with E-state index in [0.29, 0.717) is 51.5 Å². The predicted octanol–water partition coefficient (Wildman–Crippen LogP) is 4.91. The minimum absolute atomic E-state index is 0. The number of benzene rings is 2. The first kappa shape index (κ1) is 28.3. The molecule has 0 aliphatic rings. The lowest BCUT2D eigenvalue weighted by molar-refractivity contribution is 0.103. The summed E-state index contributed by atoms with van der Waals surface area (Å²) in [5.41, 5.74) is 2.13. The molecule has 33 heavy (non-hydrogen) atoms. The maximum absolute atomic E-state index is 13.7. The summed E-state index contributed by atoms with van der Waals surface area (Å²) in [6, 6.07) is 8.48. The second kappa shape index (κ2) is 12.5. The highest BCUT2D eigenvalue weighted by atomic mass is 35.5. The van der Waals surface area contributed by atoms with Crippen molar-refractivity contribution >= 4 is 29.2 Å². The average Bonchev–Trinajstić information content (AvgIpc) is 3.11. The van der Waals surface area contributed by atoms with Crippen molar-refractivity contribution in [2.45, 2.75) is 40.2 Å². The van der Waals surface area contributed by atoms with Gasteiger partial charge in [0.25, 0.3) is 0 Å². The van der Waals surface area contributed by atoms with Crippen LogP contribution in [0.15, 0.2) is 34.7 Å². The molecule has 0 aliphatic carbocycles. The number of carbonyl (C=O) groups is 1. The van der Waals surface area contributed by atoms with Crippen LogP contribution in [0.3, 0.4) is 0 Å². The maximum Gasteiger partial charge on any atom is 0.201 e. The molecule has 0 bridgehead atoms. The SMILES string of the molecule is CCCN(CCC)Cc1c(O)ccc2oc(C)c(C(=O)c3cc(OC)ccc3OC)c12.Cl.O. The summed E-state index contributed by atoms with van der Waals surface area (Å²) in [7, 11) is 3.09. The van der Waals surface area contributed by atoms with Crippen molar-refractivity contribution in [2.24, 2.45) is 0 Å². The van der Waals surface area contributed by atoms with Gasteiger partial charge in [-0.3, -0.25) is 9.69 Å². The smallest absolute Gasteiger partial charge is 0.201 e. The van der Waals surface area contributed by atoms with Crippen LogP contribution in [-0.4, -0.2) is 48.6 Å². The number of aryl methyl sites for hydroxylation is 1. The Labute approximate surface area is 201 Å². The van der Waals surface area contributed by atoms with Crippen molar-refractivity contribution in [3.63, 3.8) is 0 Å². The summed E-state index contributed by atoms with van der Waals surface area (Å²) >= 11 is 0. The largest absolute Gasteiger partial charge is 0.508 e. The van der Waals surface area contributed by atoms with E-state index in [1.807, 2.05) is 0 Å². The van der Waals surface area contributed by atoms with Gasteiger partial charge in [-0.05, 0) is 63.2 Å². The summed E-state index contributed by atoms with van der Waals surface area (Å²) in [5.74, 6) is 1.47. The summed E-state index contributed by atoms with van der Waals surface area (Å²) in [6.45, 7) is 8.40. The van der Waals surface area contributed by atoms with E-state index in [0.717, 1.165) is 25.9 Å². The minimum atomic E-state index is -0.226. The molecule has 0 saturated carbocycles. The monoisotopic (exact) mass is 479 g/mol. The number of carbonyl (C=O) groups excluding carboxylic acids is 1. The number of hydrogen-bond donors (Lipinski definition) is 1. The zero-order valence-electron chi connectivity index (χ0n) is 19.9. The summed E-state index contributed by atoms with van der Waals surface area (Å²) in [4.78, 5) is 16.0. The van der Waals surface area contributed by atoms with Gasteiger partial charge in [0.2, 0.25) is 5.78 Å². The Morgan fingerprint density at radius 1 is 1.06 bits per heavy atom. The molecule has 3 aromatic rings. The van der Waals surface area contributed by atoms with Crippen LogP contribution in [0.1, 0.15) is 53.9 Å². The van der Waals surface area contributed by atoms with Crippen molar-refractivity contribution in [2.75, 3.05) is 27.3 Å². The molecule has 182 valence electrons. The van der Waals surface area contributed by atoms with E-state index >= 15 is 0 Å². The van der Waals surface area contributed by atoms with Crippen molar-refractivity contribution in [3.05, 3.63) is 52.8 Å². The van der Waals surface area contributed by atoms with E-state index < -0.39 is 0 Å². The van der Waals surface area contributed by atoms with Gasteiger partial charge in [-0.1, -0.05) is 13.8 Å². The van der Waals surface area contributed by atoms with Crippen molar-refractivity contribution in [1.29, 1.82) is 0 Å². The molecule has 8 heteroatoms. The standard InChI is InChI=1S/C25H31NO5.ClH.H2O/c1-6-12-26(13-7-2)15-19-20(27)9-11-22-24(19)23(16(3)31-22)25(28)18-14-17(29-4)8-10-21(18)30-5;;/h8-11,14,27H,6-7,12-13,15H2,1-5H3;1H;1H2. The molecule has 0 amide bonds. The van der Waals surface area contributed by atoms with E-state index in [-0.39, 0.29) is 29.4 Å². The van der Waals surface area contributed by atoms with Crippen LogP contribution in [0.2, 0.25) is 0 Å². The molecule has 7 nitrogen and oxygen atoms in total. The Balaban J connectivity index is 0.00000272. The van der Waals surface area contributed by atoms with Crippen LogP contribution in [0.25, 0.3) is 11.0 Å². The molecular formula is C25H34ClNO6. The fraction of sp³-hybridized carbons (Fsp3) is 0.400. The zero-order chi connectivity index (χ0) is 22.5. The van der Waals surface area contributed by atoms with E-state index in [1.165, 1.54) is 7.11 Å². The molecule has 0 fully saturated rings. The number of hydrogen-bond acceptors (Lipinski definition) is 6. The number of ether oxygens (including phenoxy) is 2. The van der Waals surface area contributed by atoms with Gasteiger partial charge in [-0.15, -0.1) is 12.4 Å². The minimum Gasteiger partial charge on any atom is -0.508 e. The first-order valence-electron chi connectivity index (χ1n) is 10.7. The van der Waals surface area contributed by atoms with Gasteiger partial charge in [0.15, 0.2) is 0 Å². The van der Waals surface area contributed by atoms with Gasteiger partial charge in [0, 0.05) is 17.5 Å². The fourth-order valence-electron chi connectivity index (χ4n) is 4.05. The number of furan rings is 1. The quantitative estimate of drug-likeness (QED) is 0.414. The number of phenolic OH excluding ortho intramolecular Hbond substituents is 1. The van der Waals surface area contributed by atoms with E-state index in [1.54, 1.807) is 44.4 Å². The molecule has 0 radical (unpaired) electrons. The van der Waals surface area contributed by atoms with Crippen molar-refractivity contribution < 1.29 is 29.3 Å². The molecule has 0 unspecified atom stereocenters. The number of nitrogens with zero attached hydrogens (tertiary/aromatic N) is 1. The number of methoxy groups -OCH3 is 2. The van der Waals surface area contributed by atoms with Gasteiger partial charge in [-0.2, -0.15) is 0 Å². The highest BCUT2D eigenvalue weighted by molar-refractivity contribution is 6.19. The lowest BCUT2D eigenvalue weighted by Crippen LogP contribution is -2.25. The van der Waals surface area contributed by atoms with Gasteiger partial charge in [0.1, 0.15) is 28.6 Å². The third kappa shape index (κ3) is 5.79. The number of fused-ring (bicyclic) bond motifs is 1. The van der Waals surface area contributed by atoms with Gasteiger partial charge < -0.3 is 24.5 Å². The number of phenols is 1. The lowest BCUT2D eigenvalue weighted by atomic mass is 9.96. The van der Waals surface area contributed by atoms with Crippen LogP contribution >= 0.6 is 12.4 Å². The average molecular weight is 480 g/mol. The Morgan fingerprint density at radius 2 is 1.73 bits per heavy atom. The normalized spacial score (nSPS) is 10.6. The predicted molar refractivity (Wildman–Crippen MR) is 132 cm³/mol. The molecule has 2 aromatic carbocycles. The first-order chi connectivity index (χ1) is 14.9. The van der Waals surface area contributed by atoms with Crippen LogP contribution in [-0.2, 0) is 6.54 Å². The number of halogens is 1. The molecule has 1 aromatic heterocycles. The first-order valence-corrected chi connectivity index (χ1v) is 10.7. The van der Waals surface area contributed by atoms with Gasteiger partial charge in [0.05, 0.1) is 25.3 Å². The fourth-order valence-corrected chi connectivity index (χ4v) is 4.05. The Bertz CT molecular complexity index is 1070. The number of aromatic hydroxyl groups is 1. The third-order valence-electron chi connectivity index (χ3n) is 5.45. The second-order valence-corrected chi connectivity index (χ2v) is 7.64. The second-order valence-electron chi connectivity index (χ2n) is 7.64.